The van der Waals surface area contributed by atoms with Gasteiger partial charge in [0.15, 0.2) is 0 Å². The molecule has 3 heterocycles. The molecule has 4 rings (SSSR count). The van der Waals surface area contributed by atoms with Crippen LogP contribution in [0, 0.1) is 13.8 Å². The molecular formula is C22H24N4O3S2. The normalized spacial score (nSPS) is 15.2. The number of benzene rings is 1. The molecule has 0 bridgehead atoms. The fourth-order valence-electron chi connectivity index (χ4n) is 3.60. The second-order valence-electron chi connectivity index (χ2n) is 7.52. The first-order valence-electron chi connectivity index (χ1n) is 10.1. The van der Waals surface area contributed by atoms with Gasteiger partial charge in [-0.05, 0) is 26.0 Å². The standard InChI is InChI=1S/C22H24N4O3S2/c1-16-5-7-18(8-6-16)22-20(30-17(2)24-22)14-21(27)25-10-12-26(13-11-25)31(28,29)19-4-3-9-23-15-19/h3-9,15H,10-14H2,1-2H3. The first-order valence-corrected chi connectivity index (χ1v) is 12.3. The van der Waals surface area contributed by atoms with E-state index in [1.165, 1.54) is 27.4 Å². The van der Waals surface area contributed by atoms with Gasteiger partial charge >= 0.3 is 0 Å². The van der Waals surface area contributed by atoms with E-state index >= 15 is 0 Å². The number of amides is 1. The van der Waals surface area contributed by atoms with Crippen molar-refractivity contribution in [1.82, 2.24) is 19.2 Å². The molecule has 7 nitrogen and oxygen atoms in total. The highest BCUT2D eigenvalue weighted by Crippen LogP contribution is 2.29. The van der Waals surface area contributed by atoms with Crippen molar-refractivity contribution in [2.75, 3.05) is 26.2 Å². The lowest BCUT2D eigenvalue weighted by molar-refractivity contribution is -0.131. The minimum Gasteiger partial charge on any atom is -0.340 e. The zero-order chi connectivity index (χ0) is 22.0. The number of thiazole rings is 1. The highest BCUT2D eigenvalue weighted by molar-refractivity contribution is 7.89. The Labute approximate surface area is 186 Å². The quantitative estimate of drug-likeness (QED) is 0.590. The van der Waals surface area contributed by atoms with Gasteiger partial charge in [0.25, 0.3) is 0 Å². The monoisotopic (exact) mass is 456 g/mol. The average molecular weight is 457 g/mol. The molecule has 1 aliphatic heterocycles. The molecule has 31 heavy (non-hydrogen) atoms. The van der Waals surface area contributed by atoms with Gasteiger partial charge in [0.05, 0.1) is 17.1 Å². The van der Waals surface area contributed by atoms with Gasteiger partial charge in [-0.2, -0.15) is 4.31 Å². The summed E-state index contributed by atoms with van der Waals surface area (Å²) < 4.78 is 26.9. The summed E-state index contributed by atoms with van der Waals surface area (Å²) in [7, 11) is -3.59. The number of carbonyl (C=O) groups excluding carboxylic acids is 1. The van der Waals surface area contributed by atoms with Crippen LogP contribution in [-0.4, -0.2) is 59.7 Å². The van der Waals surface area contributed by atoms with Crippen LogP contribution < -0.4 is 0 Å². The summed E-state index contributed by atoms with van der Waals surface area (Å²) in [5, 5.41) is 0.922. The molecule has 162 valence electrons. The second kappa shape index (κ2) is 8.86. The van der Waals surface area contributed by atoms with Crippen molar-refractivity contribution in [2.24, 2.45) is 0 Å². The Bertz CT molecular complexity index is 1170. The Hall–Kier alpha value is -2.62. The lowest BCUT2D eigenvalue weighted by Gasteiger charge is -2.34. The maximum Gasteiger partial charge on any atom is 0.244 e. The number of rotatable bonds is 5. The van der Waals surface area contributed by atoms with E-state index < -0.39 is 10.0 Å². The molecule has 9 heteroatoms. The first-order chi connectivity index (χ1) is 14.8. The van der Waals surface area contributed by atoms with Crippen molar-refractivity contribution in [3.8, 4) is 11.3 Å². The molecule has 0 spiro atoms. The number of hydrogen-bond donors (Lipinski definition) is 0. The number of hydrogen-bond acceptors (Lipinski definition) is 6. The van der Waals surface area contributed by atoms with E-state index in [4.69, 9.17) is 0 Å². The molecule has 1 aliphatic rings. The number of pyridine rings is 1. The second-order valence-corrected chi connectivity index (χ2v) is 10.7. The van der Waals surface area contributed by atoms with Crippen LogP contribution in [0.15, 0.2) is 53.7 Å². The topological polar surface area (TPSA) is 83.5 Å². The van der Waals surface area contributed by atoms with Crippen molar-refractivity contribution < 1.29 is 13.2 Å². The molecule has 0 aliphatic carbocycles. The van der Waals surface area contributed by atoms with Crippen LogP contribution in [0.25, 0.3) is 11.3 Å². The molecule has 0 unspecified atom stereocenters. The molecule has 0 radical (unpaired) electrons. The predicted octanol–water partition coefficient (Wildman–Crippen LogP) is 2.90. The third-order valence-electron chi connectivity index (χ3n) is 5.30. The summed E-state index contributed by atoms with van der Waals surface area (Å²) in [4.78, 5) is 24.4. The summed E-state index contributed by atoms with van der Waals surface area (Å²) in [6.45, 7) is 5.27. The maximum atomic E-state index is 13.0. The van der Waals surface area contributed by atoms with Crippen LogP contribution in [0.4, 0.5) is 0 Å². The van der Waals surface area contributed by atoms with Gasteiger partial charge in [0.2, 0.25) is 15.9 Å². The smallest absolute Gasteiger partial charge is 0.244 e. The van der Waals surface area contributed by atoms with Crippen molar-refractivity contribution >= 4 is 27.3 Å². The third kappa shape index (κ3) is 4.68. The molecule has 0 atom stereocenters. The van der Waals surface area contributed by atoms with Gasteiger partial charge in [0, 0.05) is 49.0 Å². The summed E-state index contributed by atoms with van der Waals surface area (Å²) in [6, 6.07) is 11.3. The number of piperazine rings is 1. The lowest BCUT2D eigenvalue weighted by Crippen LogP contribution is -2.50. The predicted molar refractivity (Wildman–Crippen MR) is 120 cm³/mol. The average Bonchev–Trinajstić information content (AvgIpc) is 3.15. The Kier molecular flexibility index (Phi) is 6.17. The van der Waals surface area contributed by atoms with Crippen molar-refractivity contribution in [3.05, 3.63) is 64.2 Å². The van der Waals surface area contributed by atoms with E-state index in [9.17, 15) is 13.2 Å². The van der Waals surface area contributed by atoms with Gasteiger partial charge < -0.3 is 4.90 Å². The van der Waals surface area contributed by atoms with Gasteiger partial charge in [-0.3, -0.25) is 9.78 Å². The largest absolute Gasteiger partial charge is 0.340 e. The van der Waals surface area contributed by atoms with Crippen LogP contribution >= 0.6 is 11.3 Å². The van der Waals surface area contributed by atoms with Crippen molar-refractivity contribution in [2.45, 2.75) is 25.2 Å². The van der Waals surface area contributed by atoms with E-state index in [1.54, 1.807) is 23.2 Å². The Morgan fingerprint density at radius 1 is 1.06 bits per heavy atom. The van der Waals surface area contributed by atoms with E-state index in [0.717, 1.165) is 21.1 Å². The number of nitrogens with zero attached hydrogens (tertiary/aromatic N) is 4. The number of sulfonamides is 1. The lowest BCUT2D eigenvalue weighted by atomic mass is 10.1. The first kappa shape index (κ1) is 21.6. The summed E-state index contributed by atoms with van der Waals surface area (Å²) in [5.41, 5.74) is 3.03. The van der Waals surface area contributed by atoms with E-state index in [1.807, 2.05) is 38.1 Å². The summed E-state index contributed by atoms with van der Waals surface area (Å²) in [6.07, 6.45) is 3.16. The highest BCUT2D eigenvalue weighted by Gasteiger charge is 2.30. The highest BCUT2D eigenvalue weighted by atomic mass is 32.2. The van der Waals surface area contributed by atoms with Crippen LogP contribution in [0.5, 0.6) is 0 Å². The van der Waals surface area contributed by atoms with Crippen LogP contribution in [0.1, 0.15) is 15.4 Å². The minimum atomic E-state index is -3.59. The number of aryl methyl sites for hydroxylation is 2. The van der Waals surface area contributed by atoms with E-state index in [0.29, 0.717) is 13.1 Å². The molecule has 1 aromatic carbocycles. The zero-order valence-corrected chi connectivity index (χ0v) is 19.1. The van der Waals surface area contributed by atoms with Gasteiger partial charge in [-0.1, -0.05) is 29.8 Å². The Balaban J connectivity index is 1.43. The molecule has 3 aromatic rings. The SMILES string of the molecule is Cc1ccc(-c2nc(C)sc2CC(=O)N2CCN(S(=O)(=O)c3cccnc3)CC2)cc1. The molecule has 0 saturated carbocycles. The minimum absolute atomic E-state index is 0.00422. The van der Waals surface area contributed by atoms with Crippen molar-refractivity contribution in [3.63, 3.8) is 0 Å². The molecular weight excluding hydrogens is 432 g/mol. The van der Waals surface area contributed by atoms with E-state index in [2.05, 4.69) is 9.97 Å². The van der Waals surface area contributed by atoms with Crippen LogP contribution in [0.2, 0.25) is 0 Å². The molecule has 1 fully saturated rings. The zero-order valence-electron chi connectivity index (χ0n) is 17.5. The molecule has 1 amide bonds. The van der Waals surface area contributed by atoms with Gasteiger partial charge in [0.1, 0.15) is 4.90 Å². The number of carbonyl (C=O) groups is 1. The van der Waals surface area contributed by atoms with Crippen LogP contribution in [0.3, 0.4) is 0 Å². The Morgan fingerprint density at radius 2 is 1.77 bits per heavy atom. The third-order valence-corrected chi connectivity index (χ3v) is 8.16. The maximum absolute atomic E-state index is 13.0. The molecule has 1 saturated heterocycles. The van der Waals surface area contributed by atoms with Gasteiger partial charge in [-0.15, -0.1) is 11.3 Å². The molecule has 0 N–H and O–H groups in total. The number of aromatic nitrogens is 2. The van der Waals surface area contributed by atoms with Crippen molar-refractivity contribution in [1.29, 1.82) is 0 Å². The Morgan fingerprint density at radius 3 is 2.42 bits per heavy atom. The summed E-state index contributed by atoms with van der Waals surface area (Å²) in [5.74, 6) is -0.00422. The summed E-state index contributed by atoms with van der Waals surface area (Å²) >= 11 is 1.54. The van der Waals surface area contributed by atoms with Gasteiger partial charge in [-0.25, -0.2) is 13.4 Å². The molecule has 2 aromatic heterocycles. The fraction of sp³-hybridized carbons (Fsp3) is 0.318. The fourth-order valence-corrected chi connectivity index (χ4v) is 5.94. The van der Waals surface area contributed by atoms with E-state index in [-0.39, 0.29) is 30.3 Å². The van der Waals surface area contributed by atoms with Crippen LogP contribution in [-0.2, 0) is 21.2 Å².